The molecule has 1 aliphatic rings. The van der Waals surface area contributed by atoms with Crippen LogP contribution in [0.5, 0.6) is 0 Å². The quantitative estimate of drug-likeness (QED) is 0.620. The maximum absolute atomic E-state index is 3.90. The normalized spacial score (nSPS) is 22.2. The highest BCUT2D eigenvalue weighted by Crippen LogP contribution is 2.14. The molecular weight excluding hydrogens is 146 g/mol. The Morgan fingerprint density at radius 2 is 2.33 bits per heavy atom. The average Bonchev–Trinajstić information content (AvgIpc) is 2.28. The van der Waals surface area contributed by atoms with Crippen molar-refractivity contribution >= 4 is 0 Å². The third-order valence-corrected chi connectivity index (χ3v) is 2.21. The molecule has 1 nitrogen and oxygen atoms in total. The zero-order valence-corrected chi connectivity index (χ0v) is 8.03. The van der Waals surface area contributed by atoms with Crippen LogP contribution in [-0.4, -0.2) is 13.1 Å². The van der Waals surface area contributed by atoms with Crippen LogP contribution >= 0.6 is 0 Å². The lowest BCUT2D eigenvalue weighted by molar-refractivity contribution is 0.703. The van der Waals surface area contributed by atoms with Crippen molar-refractivity contribution in [3.63, 3.8) is 0 Å². The predicted molar refractivity (Wildman–Crippen MR) is 54.2 cm³/mol. The first kappa shape index (κ1) is 9.53. The van der Waals surface area contributed by atoms with Crippen molar-refractivity contribution < 1.29 is 0 Å². The molecule has 0 aliphatic carbocycles. The zero-order valence-electron chi connectivity index (χ0n) is 8.03. The van der Waals surface area contributed by atoms with Gasteiger partial charge in [-0.3, -0.25) is 0 Å². The van der Waals surface area contributed by atoms with Crippen LogP contribution in [0.1, 0.15) is 32.6 Å². The van der Waals surface area contributed by atoms with E-state index in [1.165, 1.54) is 31.4 Å². The van der Waals surface area contributed by atoms with Crippen LogP contribution < -0.4 is 5.32 Å². The standard InChI is InChI=1S/C11H19N/c1-10(2)5-6-11-4-3-8-12-9-7-11/h6,12H,1,3-5,7-9H2,2H3/b11-6-. The Morgan fingerprint density at radius 3 is 3.08 bits per heavy atom. The maximum atomic E-state index is 3.90. The minimum atomic E-state index is 1.06. The van der Waals surface area contributed by atoms with Gasteiger partial charge in [-0.25, -0.2) is 0 Å². The highest BCUT2D eigenvalue weighted by molar-refractivity contribution is 5.09. The molecule has 0 aromatic carbocycles. The summed E-state index contributed by atoms with van der Waals surface area (Å²) in [5.41, 5.74) is 2.88. The Labute approximate surface area is 75.6 Å². The lowest BCUT2D eigenvalue weighted by Gasteiger charge is -2.01. The molecule has 0 bridgehead atoms. The molecule has 1 heteroatoms. The topological polar surface area (TPSA) is 12.0 Å². The molecule has 0 aromatic rings. The van der Waals surface area contributed by atoms with Gasteiger partial charge in [-0.15, -0.1) is 0 Å². The summed E-state index contributed by atoms with van der Waals surface area (Å²) in [6.07, 6.45) is 7.22. The number of hydrogen-bond acceptors (Lipinski definition) is 1. The van der Waals surface area contributed by atoms with Crippen LogP contribution in [0.2, 0.25) is 0 Å². The van der Waals surface area contributed by atoms with Gasteiger partial charge in [0.2, 0.25) is 0 Å². The highest BCUT2D eigenvalue weighted by atomic mass is 14.8. The molecule has 12 heavy (non-hydrogen) atoms. The van der Waals surface area contributed by atoms with Gasteiger partial charge in [0.15, 0.2) is 0 Å². The van der Waals surface area contributed by atoms with E-state index in [9.17, 15) is 0 Å². The smallest absolute Gasteiger partial charge is 0.00116 e. The fourth-order valence-corrected chi connectivity index (χ4v) is 1.46. The van der Waals surface area contributed by atoms with Crippen molar-refractivity contribution in [2.24, 2.45) is 0 Å². The van der Waals surface area contributed by atoms with Crippen molar-refractivity contribution in [3.05, 3.63) is 23.8 Å². The number of rotatable bonds is 2. The average molecular weight is 165 g/mol. The van der Waals surface area contributed by atoms with Crippen molar-refractivity contribution in [3.8, 4) is 0 Å². The first-order valence-electron chi connectivity index (χ1n) is 4.82. The Morgan fingerprint density at radius 1 is 1.50 bits per heavy atom. The first-order chi connectivity index (χ1) is 5.79. The van der Waals surface area contributed by atoms with E-state index in [1.54, 1.807) is 5.57 Å². The molecular formula is C11H19N. The van der Waals surface area contributed by atoms with Crippen molar-refractivity contribution in [1.29, 1.82) is 0 Å². The van der Waals surface area contributed by atoms with E-state index in [2.05, 4.69) is 24.9 Å². The minimum absolute atomic E-state index is 1.06. The summed E-state index contributed by atoms with van der Waals surface area (Å²) in [6.45, 7) is 8.33. The minimum Gasteiger partial charge on any atom is -0.316 e. The predicted octanol–water partition coefficient (Wildman–Crippen LogP) is 2.65. The van der Waals surface area contributed by atoms with Crippen molar-refractivity contribution in [1.82, 2.24) is 5.32 Å². The molecule has 0 atom stereocenters. The second-order valence-electron chi connectivity index (χ2n) is 3.63. The molecule has 0 unspecified atom stereocenters. The molecule has 1 saturated heterocycles. The van der Waals surface area contributed by atoms with E-state index in [4.69, 9.17) is 0 Å². The van der Waals surface area contributed by atoms with Gasteiger partial charge < -0.3 is 5.32 Å². The van der Waals surface area contributed by atoms with Crippen LogP contribution in [0, 0.1) is 0 Å². The summed E-state index contributed by atoms with van der Waals surface area (Å²) in [5, 5.41) is 3.40. The molecule has 0 spiro atoms. The van der Waals surface area contributed by atoms with Gasteiger partial charge in [-0.05, 0) is 45.7 Å². The summed E-state index contributed by atoms with van der Waals surface area (Å²) < 4.78 is 0. The summed E-state index contributed by atoms with van der Waals surface area (Å²) in [5.74, 6) is 0. The van der Waals surface area contributed by atoms with E-state index in [0.717, 1.165) is 13.0 Å². The van der Waals surface area contributed by atoms with Crippen LogP contribution in [0.4, 0.5) is 0 Å². The van der Waals surface area contributed by atoms with Gasteiger partial charge in [-0.2, -0.15) is 0 Å². The molecule has 0 aromatic heterocycles. The second-order valence-corrected chi connectivity index (χ2v) is 3.63. The number of nitrogens with one attached hydrogen (secondary N) is 1. The fourth-order valence-electron chi connectivity index (χ4n) is 1.46. The fraction of sp³-hybridized carbons (Fsp3) is 0.636. The van der Waals surface area contributed by atoms with Crippen molar-refractivity contribution in [2.45, 2.75) is 32.6 Å². The number of allylic oxidation sites excluding steroid dienone is 2. The van der Waals surface area contributed by atoms with E-state index in [-0.39, 0.29) is 0 Å². The van der Waals surface area contributed by atoms with Gasteiger partial charge in [0.1, 0.15) is 0 Å². The molecule has 1 rings (SSSR count). The molecule has 1 N–H and O–H groups in total. The van der Waals surface area contributed by atoms with Crippen LogP contribution in [-0.2, 0) is 0 Å². The molecule has 0 saturated carbocycles. The summed E-state index contributed by atoms with van der Waals surface area (Å²) in [7, 11) is 0. The molecule has 0 amide bonds. The van der Waals surface area contributed by atoms with Gasteiger partial charge in [0.05, 0.1) is 0 Å². The van der Waals surface area contributed by atoms with Gasteiger partial charge in [0, 0.05) is 0 Å². The Balaban J connectivity index is 2.37. The van der Waals surface area contributed by atoms with E-state index < -0.39 is 0 Å². The monoisotopic (exact) mass is 165 g/mol. The zero-order chi connectivity index (χ0) is 8.81. The van der Waals surface area contributed by atoms with Gasteiger partial charge >= 0.3 is 0 Å². The summed E-state index contributed by atoms with van der Waals surface area (Å²) in [4.78, 5) is 0. The Kier molecular flexibility index (Phi) is 4.09. The summed E-state index contributed by atoms with van der Waals surface area (Å²) >= 11 is 0. The Bertz CT molecular complexity index is 169. The lowest BCUT2D eigenvalue weighted by Crippen LogP contribution is -2.13. The highest BCUT2D eigenvalue weighted by Gasteiger charge is 2.02. The van der Waals surface area contributed by atoms with E-state index in [0.29, 0.717) is 0 Å². The third-order valence-electron chi connectivity index (χ3n) is 2.21. The molecule has 68 valence electrons. The second kappa shape index (κ2) is 5.15. The largest absolute Gasteiger partial charge is 0.316 e. The third kappa shape index (κ3) is 3.72. The van der Waals surface area contributed by atoms with Gasteiger partial charge in [-0.1, -0.05) is 23.8 Å². The maximum Gasteiger partial charge on any atom is -0.00116 e. The SMILES string of the molecule is C=C(C)C/C=C1/CCCNCC1. The molecule has 1 aliphatic heterocycles. The van der Waals surface area contributed by atoms with Gasteiger partial charge in [0.25, 0.3) is 0 Å². The molecule has 0 radical (unpaired) electrons. The van der Waals surface area contributed by atoms with Crippen molar-refractivity contribution in [2.75, 3.05) is 13.1 Å². The molecule has 1 fully saturated rings. The first-order valence-corrected chi connectivity index (χ1v) is 4.82. The lowest BCUT2D eigenvalue weighted by atomic mass is 10.1. The van der Waals surface area contributed by atoms with E-state index in [1.807, 2.05) is 0 Å². The summed E-state index contributed by atoms with van der Waals surface area (Å²) in [6, 6.07) is 0. The number of hydrogen-bond donors (Lipinski definition) is 1. The van der Waals surface area contributed by atoms with E-state index >= 15 is 0 Å². The van der Waals surface area contributed by atoms with Crippen LogP contribution in [0.3, 0.4) is 0 Å². The Hall–Kier alpha value is -0.560. The van der Waals surface area contributed by atoms with Crippen LogP contribution in [0.15, 0.2) is 23.8 Å². The van der Waals surface area contributed by atoms with Crippen LogP contribution in [0.25, 0.3) is 0 Å². The molecule has 1 heterocycles.